The lowest BCUT2D eigenvalue weighted by Crippen LogP contribution is -2.26. The predicted octanol–water partition coefficient (Wildman–Crippen LogP) is 13.6. The maximum atomic E-state index is 13.1. The normalized spacial score (nSPS) is 12.1. The fourth-order valence-electron chi connectivity index (χ4n) is 6.25. The van der Waals surface area contributed by atoms with Crippen LogP contribution in [0.3, 0.4) is 0 Å². The molecule has 0 aromatic carbocycles. The summed E-state index contributed by atoms with van der Waals surface area (Å²) in [7, 11) is 0. The fraction of sp³-hybridized carbons (Fsp3) is 0.950. The highest BCUT2D eigenvalue weighted by atomic mass is 16.5. The molecule has 0 saturated carbocycles. The molecule has 0 fully saturated rings. The molecule has 0 radical (unpaired) electrons. The largest absolute Gasteiger partial charge is 0.465 e. The van der Waals surface area contributed by atoms with Gasteiger partial charge in [0.05, 0.1) is 6.61 Å². The van der Waals surface area contributed by atoms with Crippen LogP contribution in [0.4, 0.5) is 0 Å². The Hall–Kier alpha value is -0.860. The SMILES string of the molecule is CCCCCCCCCCCCCC(=O)C(CCCCCCCCCCCC)C(=O)OCCCCCCCCCCCC. The van der Waals surface area contributed by atoms with Gasteiger partial charge in [-0.05, 0) is 19.3 Å². The number of hydrogen-bond acceptors (Lipinski definition) is 3. The zero-order valence-electron chi connectivity index (χ0n) is 29.8. The molecule has 0 aliphatic carbocycles. The summed E-state index contributed by atoms with van der Waals surface area (Å²) in [6.45, 7) is 7.29. The lowest BCUT2D eigenvalue weighted by molar-refractivity contribution is -0.152. The van der Waals surface area contributed by atoms with Crippen molar-refractivity contribution >= 4 is 11.8 Å². The minimum absolute atomic E-state index is 0.139. The van der Waals surface area contributed by atoms with E-state index in [1.807, 2.05) is 0 Å². The number of rotatable bonds is 36. The summed E-state index contributed by atoms with van der Waals surface area (Å²) in [6, 6.07) is 0. The summed E-state index contributed by atoms with van der Waals surface area (Å²) in [5.74, 6) is -0.625. The maximum Gasteiger partial charge on any atom is 0.316 e. The molecule has 0 saturated heterocycles. The molecule has 0 bridgehead atoms. The Morgan fingerprint density at radius 2 is 0.698 bits per heavy atom. The van der Waals surface area contributed by atoms with Gasteiger partial charge in [0.2, 0.25) is 0 Å². The first kappa shape index (κ1) is 42.1. The number of carbonyl (C=O) groups excluding carboxylic acids is 2. The lowest BCUT2D eigenvalue weighted by Gasteiger charge is -2.15. The van der Waals surface area contributed by atoms with Crippen molar-refractivity contribution in [3.8, 4) is 0 Å². The van der Waals surface area contributed by atoms with Gasteiger partial charge in [-0.2, -0.15) is 0 Å². The zero-order valence-corrected chi connectivity index (χ0v) is 29.8. The van der Waals surface area contributed by atoms with Gasteiger partial charge in [-0.25, -0.2) is 0 Å². The number of unbranched alkanes of at least 4 members (excludes halogenated alkanes) is 28. The highest BCUT2D eigenvalue weighted by Gasteiger charge is 2.27. The van der Waals surface area contributed by atoms with E-state index in [0.717, 1.165) is 38.5 Å². The molecule has 3 nitrogen and oxygen atoms in total. The van der Waals surface area contributed by atoms with E-state index < -0.39 is 5.92 Å². The molecule has 0 N–H and O–H groups in total. The number of ketones is 1. The van der Waals surface area contributed by atoms with Crippen LogP contribution >= 0.6 is 0 Å². The van der Waals surface area contributed by atoms with Crippen molar-refractivity contribution in [1.82, 2.24) is 0 Å². The summed E-state index contributed by atoms with van der Waals surface area (Å²) >= 11 is 0. The number of Topliss-reactive ketones (excluding diaryl/α,β-unsaturated/α-hetero) is 1. The van der Waals surface area contributed by atoms with Crippen LogP contribution in [0.15, 0.2) is 0 Å². The highest BCUT2D eigenvalue weighted by molar-refractivity contribution is 5.98. The third kappa shape index (κ3) is 30.9. The first-order valence-corrected chi connectivity index (χ1v) is 19.9. The van der Waals surface area contributed by atoms with E-state index in [0.29, 0.717) is 19.4 Å². The molecule has 0 rings (SSSR count). The first-order chi connectivity index (χ1) is 21.2. The molecular weight excluding hydrogens is 528 g/mol. The van der Waals surface area contributed by atoms with Crippen LogP contribution in [0.1, 0.15) is 233 Å². The number of hydrogen-bond donors (Lipinski definition) is 0. The summed E-state index contributed by atoms with van der Waals surface area (Å²) in [5.41, 5.74) is 0. The average molecular weight is 607 g/mol. The van der Waals surface area contributed by atoms with E-state index in [1.165, 1.54) is 161 Å². The third-order valence-corrected chi connectivity index (χ3v) is 9.29. The second-order valence-electron chi connectivity index (χ2n) is 13.6. The molecule has 3 heteroatoms. The average Bonchev–Trinajstić information content (AvgIpc) is 3.01. The Morgan fingerprint density at radius 3 is 1.07 bits per heavy atom. The van der Waals surface area contributed by atoms with Crippen molar-refractivity contribution in [3.05, 3.63) is 0 Å². The van der Waals surface area contributed by atoms with Gasteiger partial charge < -0.3 is 4.74 Å². The molecule has 1 unspecified atom stereocenters. The molecule has 0 aromatic heterocycles. The molecule has 0 spiro atoms. The molecule has 0 aliphatic rings. The molecule has 0 aromatic rings. The lowest BCUT2D eigenvalue weighted by atomic mass is 9.92. The van der Waals surface area contributed by atoms with Crippen molar-refractivity contribution in [2.75, 3.05) is 6.61 Å². The van der Waals surface area contributed by atoms with Gasteiger partial charge in [0.1, 0.15) is 11.7 Å². The van der Waals surface area contributed by atoms with E-state index in [-0.39, 0.29) is 11.8 Å². The second kappa shape index (κ2) is 35.6. The topological polar surface area (TPSA) is 43.4 Å². The van der Waals surface area contributed by atoms with Crippen LogP contribution in [0.2, 0.25) is 0 Å². The molecule has 1 atom stereocenters. The van der Waals surface area contributed by atoms with Gasteiger partial charge >= 0.3 is 5.97 Å². The van der Waals surface area contributed by atoms with E-state index >= 15 is 0 Å². The van der Waals surface area contributed by atoms with Gasteiger partial charge in [0, 0.05) is 6.42 Å². The van der Waals surface area contributed by atoms with Crippen molar-refractivity contribution in [3.63, 3.8) is 0 Å². The summed E-state index contributed by atoms with van der Waals surface area (Å²) in [6.07, 6.45) is 40.7. The minimum Gasteiger partial charge on any atom is -0.465 e. The molecular formula is C40H78O3. The molecule has 43 heavy (non-hydrogen) atoms. The maximum absolute atomic E-state index is 13.1. The van der Waals surface area contributed by atoms with Crippen molar-refractivity contribution in [1.29, 1.82) is 0 Å². The molecule has 0 amide bonds. The fourth-order valence-corrected chi connectivity index (χ4v) is 6.25. The third-order valence-electron chi connectivity index (χ3n) is 9.29. The van der Waals surface area contributed by atoms with E-state index in [9.17, 15) is 9.59 Å². The smallest absolute Gasteiger partial charge is 0.316 e. The van der Waals surface area contributed by atoms with E-state index in [1.54, 1.807) is 0 Å². The summed E-state index contributed by atoms with van der Waals surface area (Å²) < 4.78 is 5.69. The van der Waals surface area contributed by atoms with Crippen LogP contribution in [0.5, 0.6) is 0 Å². The summed E-state index contributed by atoms with van der Waals surface area (Å²) in [5, 5.41) is 0. The Labute approximate surface area is 270 Å². The Morgan fingerprint density at radius 1 is 0.395 bits per heavy atom. The van der Waals surface area contributed by atoms with Gasteiger partial charge in [-0.3, -0.25) is 9.59 Å². The first-order valence-electron chi connectivity index (χ1n) is 19.9. The molecule has 0 aliphatic heterocycles. The van der Waals surface area contributed by atoms with E-state index in [4.69, 9.17) is 4.74 Å². The number of carbonyl (C=O) groups is 2. The summed E-state index contributed by atoms with van der Waals surface area (Å²) in [4.78, 5) is 26.1. The van der Waals surface area contributed by atoms with E-state index in [2.05, 4.69) is 20.8 Å². The minimum atomic E-state index is -0.528. The van der Waals surface area contributed by atoms with Crippen molar-refractivity contribution in [2.24, 2.45) is 5.92 Å². The predicted molar refractivity (Wildman–Crippen MR) is 189 cm³/mol. The standard InChI is InChI=1S/C40H78O3/c1-4-7-10-13-16-19-22-24-27-30-33-36-39(41)38(35-32-29-26-23-20-17-14-11-8-5-2)40(42)43-37-34-31-28-25-21-18-15-12-9-6-3/h38H,4-37H2,1-3H3. The molecule has 0 heterocycles. The van der Waals surface area contributed by atoms with Gasteiger partial charge in [0.25, 0.3) is 0 Å². The van der Waals surface area contributed by atoms with Gasteiger partial charge in [0.15, 0.2) is 0 Å². The quantitative estimate of drug-likeness (QED) is 0.0405. The highest BCUT2D eigenvalue weighted by Crippen LogP contribution is 2.20. The van der Waals surface area contributed by atoms with Crippen molar-refractivity contribution in [2.45, 2.75) is 233 Å². The van der Waals surface area contributed by atoms with Crippen LogP contribution in [0, 0.1) is 5.92 Å². The van der Waals surface area contributed by atoms with Gasteiger partial charge in [-0.1, -0.05) is 207 Å². The molecule has 256 valence electrons. The van der Waals surface area contributed by atoms with Gasteiger partial charge in [-0.15, -0.1) is 0 Å². The second-order valence-corrected chi connectivity index (χ2v) is 13.6. The van der Waals surface area contributed by atoms with Crippen LogP contribution in [-0.4, -0.2) is 18.4 Å². The van der Waals surface area contributed by atoms with Crippen LogP contribution < -0.4 is 0 Å². The van der Waals surface area contributed by atoms with Crippen LogP contribution in [0.25, 0.3) is 0 Å². The Balaban J connectivity index is 4.23. The van der Waals surface area contributed by atoms with Crippen molar-refractivity contribution < 1.29 is 14.3 Å². The zero-order chi connectivity index (χ0) is 31.5. The number of esters is 1. The monoisotopic (exact) mass is 607 g/mol. The van der Waals surface area contributed by atoms with Crippen LogP contribution in [-0.2, 0) is 14.3 Å². The Kier molecular flexibility index (Phi) is 34.9. The number of ether oxygens (including phenoxy) is 1. The Bertz CT molecular complexity index is 534.